The second kappa shape index (κ2) is 5.12. The molecule has 1 unspecified atom stereocenters. The minimum atomic E-state index is 0.231. The molecule has 4 nitrogen and oxygen atoms in total. The van der Waals surface area contributed by atoms with Gasteiger partial charge in [0.15, 0.2) is 0 Å². The Kier molecular flexibility index (Phi) is 3.56. The number of nitrogens with two attached hydrogens (primary N) is 1. The van der Waals surface area contributed by atoms with Crippen molar-refractivity contribution in [3.63, 3.8) is 0 Å². The summed E-state index contributed by atoms with van der Waals surface area (Å²) >= 11 is 0. The third-order valence-corrected chi connectivity index (χ3v) is 2.84. The fraction of sp³-hybridized carbons (Fsp3) is 0.308. The van der Waals surface area contributed by atoms with Crippen molar-refractivity contribution < 1.29 is 4.84 Å². The van der Waals surface area contributed by atoms with Crippen LogP contribution in [0.2, 0.25) is 0 Å². The zero-order valence-electron chi connectivity index (χ0n) is 10.1. The second-order valence-corrected chi connectivity index (χ2v) is 4.18. The van der Waals surface area contributed by atoms with Crippen molar-refractivity contribution in [2.45, 2.75) is 12.8 Å². The van der Waals surface area contributed by atoms with Crippen molar-refractivity contribution in [1.29, 1.82) is 0 Å². The number of aromatic nitrogens is 2. The van der Waals surface area contributed by atoms with Gasteiger partial charge in [0.05, 0.1) is 12.3 Å². The highest BCUT2D eigenvalue weighted by atomic mass is 16.6. The molecule has 0 amide bonds. The summed E-state index contributed by atoms with van der Waals surface area (Å²) in [5.74, 6) is 5.34. The third kappa shape index (κ3) is 2.54. The molecule has 0 fully saturated rings. The van der Waals surface area contributed by atoms with Gasteiger partial charge < -0.3 is 4.84 Å². The molecule has 0 aliphatic heterocycles. The Morgan fingerprint density at radius 3 is 2.71 bits per heavy atom. The predicted molar refractivity (Wildman–Crippen MR) is 67.2 cm³/mol. The summed E-state index contributed by atoms with van der Waals surface area (Å²) in [5, 5.41) is 4.50. The van der Waals surface area contributed by atoms with Crippen molar-refractivity contribution in [2.24, 2.45) is 12.9 Å². The molecule has 2 N–H and O–H groups in total. The highest BCUT2D eigenvalue weighted by Gasteiger charge is 2.13. The quantitative estimate of drug-likeness (QED) is 0.820. The van der Waals surface area contributed by atoms with Crippen LogP contribution in [0.3, 0.4) is 0 Å². The standard InChI is InChI=1S/C13H17N3O/c1-10(9-17-14)13-8-12(15-16(13)2)11-6-4-3-5-7-11/h3-8,10H,9,14H2,1-2H3. The normalized spacial score (nSPS) is 12.6. The van der Waals surface area contributed by atoms with Gasteiger partial charge in [-0.05, 0) is 6.07 Å². The lowest BCUT2D eigenvalue weighted by Gasteiger charge is -2.08. The molecule has 0 radical (unpaired) electrons. The van der Waals surface area contributed by atoms with Crippen molar-refractivity contribution in [3.05, 3.63) is 42.1 Å². The molecule has 1 aromatic heterocycles. The van der Waals surface area contributed by atoms with Crippen LogP contribution in [0.4, 0.5) is 0 Å². The lowest BCUT2D eigenvalue weighted by atomic mass is 10.1. The van der Waals surface area contributed by atoms with Crippen molar-refractivity contribution >= 4 is 0 Å². The smallest absolute Gasteiger partial charge is 0.0926 e. The van der Waals surface area contributed by atoms with E-state index in [1.165, 1.54) is 0 Å². The van der Waals surface area contributed by atoms with Crippen molar-refractivity contribution in [3.8, 4) is 11.3 Å². The van der Waals surface area contributed by atoms with Crippen LogP contribution in [-0.2, 0) is 11.9 Å². The molecule has 1 atom stereocenters. The first-order valence-electron chi connectivity index (χ1n) is 5.63. The molecular formula is C13H17N3O. The lowest BCUT2D eigenvalue weighted by molar-refractivity contribution is 0.125. The molecule has 2 rings (SSSR count). The first kappa shape index (κ1) is 11.8. The Morgan fingerprint density at radius 2 is 2.06 bits per heavy atom. The number of rotatable bonds is 4. The van der Waals surface area contributed by atoms with E-state index >= 15 is 0 Å². The first-order valence-corrected chi connectivity index (χ1v) is 5.63. The topological polar surface area (TPSA) is 53.1 Å². The second-order valence-electron chi connectivity index (χ2n) is 4.18. The third-order valence-electron chi connectivity index (χ3n) is 2.84. The molecule has 4 heteroatoms. The van der Waals surface area contributed by atoms with Gasteiger partial charge in [-0.15, -0.1) is 0 Å². The van der Waals surface area contributed by atoms with Gasteiger partial charge in [-0.3, -0.25) is 4.68 Å². The van der Waals surface area contributed by atoms with Gasteiger partial charge in [0.25, 0.3) is 0 Å². The summed E-state index contributed by atoms with van der Waals surface area (Å²) in [6.07, 6.45) is 0. The van der Waals surface area contributed by atoms with E-state index in [1.54, 1.807) is 0 Å². The molecule has 0 saturated heterocycles. The summed E-state index contributed by atoms with van der Waals surface area (Å²) in [6, 6.07) is 12.2. The largest absolute Gasteiger partial charge is 0.304 e. The maximum absolute atomic E-state index is 5.11. The van der Waals surface area contributed by atoms with Gasteiger partial charge in [0.1, 0.15) is 0 Å². The maximum atomic E-state index is 5.11. The number of hydrogen-bond acceptors (Lipinski definition) is 3. The summed E-state index contributed by atoms with van der Waals surface area (Å²) < 4.78 is 1.88. The number of benzene rings is 1. The van der Waals surface area contributed by atoms with Crippen LogP contribution in [0.1, 0.15) is 18.5 Å². The zero-order chi connectivity index (χ0) is 12.3. The minimum Gasteiger partial charge on any atom is -0.304 e. The first-order chi connectivity index (χ1) is 8.22. The molecule has 1 heterocycles. The highest BCUT2D eigenvalue weighted by Crippen LogP contribution is 2.22. The van der Waals surface area contributed by atoms with Gasteiger partial charge in [0.2, 0.25) is 0 Å². The van der Waals surface area contributed by atoms with E-state index in [1.807, 2.05) is 29.9 Å². The van der Waals surface area contributed by atoms with Gasteiger partial charge in [-0.25, -0.2) is 5.90 Å². The summed E-state index contributed by atoms with van der Waals surface area (Å²) in [4.78, 5) is 4.69. The van der Waals surface area contributed by atoms with Crippen molar-refractivity contribution in [2.75, 3.05) is 6.61 Å². The van der Waals surface area contributed by atoms with E-state index in [-0.39, 0.29) is 5.92 Å². The Balaban J connectivity index is 2.31. The summed E-state index contributed by atoms with van der Waals surface area (Å²) in [6.45, 7) is 2.56. The molecule has 0 bridgehead atoms. The Labute approximate surface area is 101 Å². The van der Waals surface area contributed by atoms with Crippen LogP contribution in [-0.4, -0.2) is 16.4 Å². The van der Waals surface area contributed by atoms with E-state index in [2.05, 4.69) is 35.1 Å². The average molecular weight is 231 g/mol. The molecule has 0 saturated carbocycles. The lowest BCUT2D eigenvalue weighted by Crippen LogP contribution is -2.11. The fourth-order valence-corrected chi connectivity index (χ4v) is 1.92. The Morgan fingerprint density at radius 1 is 1.35 bits per heavy atom. The van der Waals surface area contributed by atoms with Crippen LogP contribution < -0.4 is 5.90 Å². The minimum absolute atomic E-state index is 0.231. The van der Waals surface area contributed by atoms with E-state index < -0.39 is 0 Å². The Hall–Kier alpha value is -1.65. The van der Waals surface area contributed by atoms with Crippen molar-refractivity contribution in [1.82, 2.24) is 9.78 Å². The van der Waals surface area contributed by atoms with Gasteiger partial charge in [0, 0.05) is 24.2 Å². The van der Waals surface area contributed by atoms with Gasteiger partial charge in [-0.2, -0.15) is 5.10 Å². The summed E-state index contributed by atoms with van der Waals surface area (Å²) in [7, 11) is 1.94. The van der Waals surface area contributed by atoms with Crippen LogP contribution in [0.25, 0.3) is 11.3 Å². The number of hydrogen-bond donors (Lipinski definition) is 1. The SMILES string of the molecule is CC(CON)c1cc(-c2ccccc2)nn1C. The highest BCUT2D eigenvalue weighted by molar-refractivity contribution is 5.59. The predicted octanol–water partition coefficient (Wildman–Crippen LogP) is 2.08. The average Bonchev–Trinajstić information content (AvgIpc) is 2.73. The summed E-state index contributed by atoms with van der Waals surface area (Å²) in [5.41, 5.74) is 3.22. The molecule has 2 aromatic rings. The van der Waals surface area contributed by atoms with Gasteiger partial charge in [-0.1, -0.05) is 37.3 Å². The molecule has 90 valence electrons. The molecular weight excluding hydrogens is 214 g/mol. The molecule has 0 aliphatic carbocycles. The van der Waals surface area contributed by atoms with E-state index in [4.69, 9.17) is 5.90 Å². The fourth-order valence-electron chi connectivity index (χ4n) is 1.92. The maximum Gasteiger partial charge on any atom is 0.0926 e. The molecule has 0 aliphatic rings. The number of nitrogens with zero attached hydrogens (tertiary/aromatic N) is 2. The van der Waals surface area contributed by atoms with Gasteiger partial charge >= 0.3 is 0 Å². The number of aryl methyl sites for hydroxylation is 1. The zero-order valence-corrected chi connectivity index (χ0v) is 10.1. The molecule has 1 aromatic carbocycles. The van der Waals surface area contributed by atoms with E-state index in [0.29, 0.717) is 6.61 Å². The molecule has 17 heavy (non-hydrogen) atoms. The van der Waals surface area contributed by atoms with E-state index in [9.17, 15) is 0 Å². The van der Waals surface area contributed by atoms with E-state index in [0.717, 1.165) is 17.0 Å². The van der Waals surface area contributed by atoms with Crippen LogP contribution in [0.5, 0.6) is 0 Å². The monoisotopic (exact) mass is 231 g/mol. The molecule has 0 spiro atoms. The Bertz CT molecular complexity index is 479. The van der Waals surface area contributed by atoms with Crippen LogP contribution in [0, 0.1) is 0 Å². The van der Waals surface area contributed by atoms with Crippen LogP contribution in [0.15, 0.2) is 36.4 Å². The van der Waals surface area contributed by atoms with Crippen LogP contribution >= 0.6 is 0 Å².